The Bertz CT molecular complexity index is 1330. The van der Waals surface area contributed by atoms with Gasteiger partial charge in [0.2, 0.25) is 11.7 Å². The fourth-order valence-corrected chi connectivity index (χ4v) is 3.92. The van der Waals surface area contributed by atoms with E-state index < -0.39 is 0 Å². The number of aromatic nitrogens is 6. The lowest BCUT2D eigenvalue weighted by atomic mass is 10.3. The highest BCUT2D eigenvalue weighted by molar-refractivity contribution is 7.25. The fourth-order valence-electron chi connectivity index (χ4n) is 2.95. The van der Waals surface area contributed by atoms with Crippen molar-refractivity contribution >= 4 is 43.6 Å². The molecule has 4 aromatic heterocycles. The Balaban J connectivity index is 1.99. The van der Waals surface area contributed by atoms with Gasteiger partial charge in [0.15, 0.2) is 0 Å². The molecule has 0 saturated heterocycles. The lowest BCUT2D eigenvalue weighted by Crippen LogP contribution is -2.15. The first-order chi connectivity index (χ1) is 12.6. The number of para-hydroxylation sites is 1. The van der Waals surface area contributed by atoms with Gasteiger partial charge in [-0.1, -0.05) is 18.2 Å². The Morgan fingerprint density at radius 1 is 1.04 bits per heavy atom. The van der Waals surface area contributed by atoms with E-state index in [1.807, 2.05) is 53.9 Å². The van der Waals surface area contributed by atoms with Gasteiger partial charge in [0.05, 0.1) is 5.69 Å². The Labute approximate surface area is 151 Å². The van der Waals surface area contributed by atoms with Crippen molar-refractivity contribution in [1.82, 2.24) is 29.1 Å². The van der Waals surface area contributed by atoms with Crippen LogP contribution in [-0.4, -0.2) is 43.2 Å². The highest BCUT2D eigenvalue weighted by atomic mass is 32.1. The van der Waals surface area contributed by atoms with Gasteiger partial charge in [-0.05, 0) is 12.1 Å². The molecule has 0 aliphatic carbocycles. The molecule has 0 aliphatic rings. The molecule has 0 N–H and O–H groups in total. The van der Waals surface area contributed by atoms with Crippen molar-refractivity contribution < 1.29 is 0 Å². The lowest BCUT2D eigenvalue weighted by molar-refractivity contribution is 0.895. The van der Waals surface area contributed by atoms with Crippen LogP contribution in [-0.2, 0) is 0 Å². The molecule has 8 nitrogen and oxygen atoms in total. The molecular formula is C17H13N7OS. The standard InChI is InChI=1S/C17H13N7OS/c1-22(2)17-21-24-15(25)13-11(12-14(26-13)19-9-8-18-12)20-16(24)23(17)10-6-4-3-5-7-10/h3-9H,1-2H3. The predicted octanol–water partition coefficient (Wildman–Crippen LogP) is 2.10. The number of hydrogen-bond acceptors (Lipinski definition) is 7. The molecule has 5 aromatic rings. The molecule has 0 fully saturated rings. The number of thiophene rings is 1. The molecule has 0 bridgehead atoms. The van der Waals surface area contributed by atoms with Crippen molar-refractivity contribution in [2.45, 2.75) is 0 Å². The average Bonchev–Trinajstić information content (AvgIpc) is 3.22. The number of anilines is 1. The highest BCUT2D eigenvalue weighted by Gasteiger charge is 2.21. The van der Waals surface area contributed by atoms with Gasteiger partial charge in [-0.2, -0.15) is 4.52 Å². The van der Waals surface area contributed by atoms with E-state index in [2.05, 4.69) is 15.1 Å². The molecule has 0 saturated carbocycles. The number of nitrogens with zero attached hydrogens (tertiary/aromatic N) is 7. The lowest BCUT2D eigenvalue weighted by Gasteiger charge is -2.13. The van der Waals surface area contributed by atoms with Crippen molar-refractivity contribution in [2.24, 2.45) is 0 Å². The third-order valence-electron chi connectivity index (χ3n) is 4.09. The van der Waals surface area contributed by atoms with Crippen LogP contribution in [0.15, 0.2) is 47.5 Å². The van der Waals surface area contributed by atoms with Crippen molar-refractivity contribution in [3.8, 4) is 5.69 Å². The quantitative estimate of drug-likeness (QED) is 0.478. The van der Waals surface area contributed by atoms with Crippen molar-refractivity contribution in [2.75, 3.05) is 19.0 Å². The van der Waals surface area contributed by atoms with Gasteiger partial charge in [-0.25, -0.2) is 19.5 Å². The predicted molar refractivity (Wildman–Crippen MR) is 101 cm³/mol. The van der Waals surface area contributed by atoms with E-state index in [1.165, 1.54) is 15.9 Å². The third-order valence-corrected chi connectivity index (χ3v) is 5.16. The van der Waals surface area contributed by atoms with E-state index >= 15 is 0 Å². The highest BCUT2D eigenvalue weighted by Crippen LogP contribution is 2.28. The molecule has 0 spiro atoms. The minimum absolute atomic E-state index is 0.215. The maximum Gasteiger partial charge on any atom is 0.293 e. The van der Waals surface area contributed by atoms with Crippen molar-refractivity contribution in [3.05, 3.63) is 53.1 Å². The van der Waals surface area contributed by atoms with E-state index in [0.717, 1.165) is 5.69 Å². The molecule has 1 aromatic carbocycles. The average molecular weight is 363 g/mol. The maximum absolute atomic E-state index is 13.1. The molecular weight excluding hydrogens is 350 g/mol. The van der Waals surface area contributed by atoms with Crippen molar-refractivity contribution in [3.63, 3.8) is 0 Å². The van der Waals surface area contributed by atoms with Crippen LogP contribution in [0.4, 0.5) is 5.95 Å². The molecule has 4 heterocycles. The maximum atomic E-state index is 13.1. The Hall–Kier alpha value is -3.33. The zero-order chi connectivity index (χ0) is 17.8. The SMILES string of the molecule is CN(C)c1nn2c(=O)c3sc4nccnc4c3nc2n1-c1ccccc1. The second-order valence-corrected chi connectivity index (χ2v) is 6.98. The summed E-state index contributed by atoms with van der Waals surface area (Å²) in [4.78, 5) is 29.0. The van der Waals surface area contributed by atoms with Crippen LogP contribution in [0, 0.1) is 0 Å². The molecule has 0 atom stereocenters. The normalized spacial score (nSPS) is 11.6. The van der Waals surface area contributed by atoms with Gasteiger partial charge >= 0.3 is 0 Å². The Morgan fingerprint density at radius 3 is 2.58 bits per heavy atom. The van der Waals surface area contributed by atoms with Gasteiger partial charge < -0.3 is 4.90 Å². The fraction of sp³-hybridized carbons (Fsp3) is 0.118. The number of fused-ring (bicyclic) bond motifs is 4. The summed E-state index contributed by atoms with van der Waals surface area (Å²) in [6.45, 7) is 0. The molecule has 26 heavy (non-hydrogen) atoms. The summed E-state index contributed by atoms with van der Waals surface area (Å²) in [5.74, 6) is 1.07. The van der Waals surface area contributed by atoms with Gasteiger partial charge in [-0.3, -0.25) is 4.79 Å². The van der Waals surface area contributed by atoms with Crippen molar-refractivity contribution in [1.29, 1.82) is 0 Å². The molecule has 0 unspecified atom stereocenters. The van der Waals surface area contributed by atoms with Gasteiger partial charge in [0.1, 0.15) is 20.6 Å². The van der Waals surface area contributed by atoms with Gasteiger partial charge in [-0.15, -0.1) is 16.4 Å². The monoisotopic (exact) mass is 363 g/mol. The molecule has 5 rings (SSSR count). The van der Waals surface area contributed by atoms with E-state index in [1.54, 1.807) is 12.4 Å². The smallest absolute Gasteiger partial charge is 0.293 e. The second kappa shape index (κ2) is 5.33. The summed E-state index contributed by atoms with van der Waals surface area (Å²) >= 11 is 1.29. The van der Waals surface area contributed by atoms with E-state index in [9.17, 15) is 4.79 Å². The van der Waals surface area contributed by atoms with E-state index in [0.29, 0.717) is 32.3 Å². The molecule has 0 radical (unpaired) electrons. The minimum atomic E-state index is -0.215. The molecule has 0 amide bonds. The summed E-state index contributed by atoms with van der Waals surface area (Å²) in [6.07, 6.45) is 3.22. The van der Waals surface area contributed by atoms with Crippen LogP contribution in [0.25, 0.3) is 32.0 Å². The van der Waals surface area contributed by atoms with Crippen LogP contribution in [0.2, 0.25) is 0 Å². The Morgan fingerprint density at radius 2 is 1.81 bits per heavy atom. The van der Waals surface area contributed by atoms with Gasteiger partial charge in [0.25, 0.3) is 5.56 Å². The van der Waals surface area contributed by atoms with Crippen LogP contribution in [0.5, 0.6) is 0 Å². The first kappa shape index (κ1) is 15.0. The molecule has 128 valence electrons. The zero-order valence-electron chi connectivity index (χ0n) is 14.0. The zero-order valence-corrected chi connectivity index (χ0v) is 14.8. The largest absolute Gasteiger partial charge is 0.347 e. The van der Waals surface area contributed by atoms with Crippen LogP contribution in [0.3, 0.4) is 0 Å². The Kier molecular flexibility index (Phi) is 3.07. The van der Waals surface area contributed by atoms with Crippen LogP contribution >= 0.6 is 11.3 Å². The molecule has 9 heteroatoms. The van der Waals surface area contributed by atoms with E-state index in [4.69, 9.17) is 4.98 Å². The topological polar surface area (TPSA) is 81.2 Å². The summed E-state index contributed by atoms with van der Waals surface area (Å²) < 4.78 is 3.72. The summed E-state index contributed by atoms with van der Waals surface area (Å²) in [6, 6.07) is 9.73. The first-order valence-corrected chi connectivity index (χ1v) is 8.74. The number of hydrogen-bond donors (Lipinski definition) is 0. The number of rotatable bonds is 2. The third kappa shape index (κ3) is 1.97. The van der Waals surface area contributed by atoms with Crippen LogP contribution in [0.1, 0.15) is 0 Å². The van der Waals surface area contributed by atoms with E-state index in [-0.39, 0.29) is 5.56 Å². The second-order valence-electron chi connectivity index (χ2n) is 5.98. The molecule has 0 aliphatic heterocycles. The van der Waals surface area contributed by atoms with Crippen LogP contribution < -0.4 is 10.5 Å². The van der Waals surface area contributed by atoms with Gasteiger partial charge in [0, 0.05) is 26.5 Å². The minimum Gasteiger partial charge on any atom is -0.347 e. The summed E-state index contributed by atoms with van der Waals surface area (Å²) in [5, 5.41) is 4.50. The number of benzene rings is 1. The summed E-state index contributed by atoms with van der Waals surface area (Å²) in [5.41, 5.74) is 1.86. The summed E-state index contributed by atoms with van der Waals surface area (Å²) in [7, 11) is 3.77. The first-order valence-electron chi connectivity index (χ1n) is 7.93.